The van der Waals surface area contributed by atoms with E-state index < -0.39 is 26.5 Å². The maximum atomic E-state index is 12.5. The van der Waals surface area contributed by atoms with E-state index in [2.05, 4.69) is 51.9 Å². The molecule has 0 aliphatic heterocycles. The minimum absolute atomic E-state index is 0.0236. The van der Waals surface area contributed by atoms with Gasteiger partial charge in [0.05, 0.1) is 0 Å². The fourth-order valence-electron chi connectivity index (χ4n) is 4.44. The van der Waals surface area contributed by atoms with E-state index in [-0.39, 0.29) is 11.9 Å². The van der Waals surface area contributed by atoms with E-state index >= 15 is 0 Å². The molecule has 0 unspecified atom stereocenters. The number of esters is 1. The molecule has 0 bridgehead atoms. The van der Waals surface area contributed by atoms with Gasteiger partial charge in [0.15, 0.2) is 0 Å². The molecular formula is C22H42O2SiSn. The van der Waals surface area contributed by atoms with Crippen LogP contribution in [-0.4, -0.2) is 39.5 Å². The van der Waals surface area contributed by atoms with Crippen molar-refractivity contribution in [2.24, 2.45) is 11.8 Å². The number of rotatable bonds is 11. The SMILES string of the molecule is CCC[CH2][Sn]([CH2]CCC)([CH2]CCC)[C@H]1[C@H](C#C[Si](C)(C)C)[C@H]1C(=O)OC. The van der Waals surface area contributed by atoms with E-state index in [0.29, 0.717) is 9.85 Å². The Balaban J connectivity index is 3.19. The first-order valence-corrected chi connectivity index (χ1v) is 22.1. The van der Waals surface area contributed by atoms with E-state index in [1.54, 1.807) is 7.11 Å². The molecule has 150 valence electrons. The monoisotopic (exact) mass is 486 g/mol. The zero-order valence-electron chi connectivity index (χ0n) is 18.4. The quantitative estimate of drug-likeness (QED) is 0.190. The van der Waals surface area contributed by atoms with Crippen LogP contribution in [-0.2, 0) is 9.53 Å². The molecule has 0 amide bonds. The third-order valence-electron chi connectivity index (χ3n) is 5.90. The normalized spacial score (nSPS) is 22.5. The van der Waals surface area contributed by atoms with Gasteiger partial charge >= 0.3 is 169 Å². The zero-order valence-corrected chi connectivity index (χ0v) is 22.3. The number of hydrogen-bond donors (Lipinski definition) is 0. The van der Waals surface area contributed by atoms with Crippen molar-refractivity contribution in [1.29, 1.82) is 0 Å². The number of carbonyl (C=O) groups excluding carboxylic acids is 1. The third-order valence-corrected chi connectivity index (χ3v) is 24.4. The van der Waals surface area contributed by atoms with Gasteiger partial charge in [-0.05, 0) is 0 Å². The summed E-state index contributed by atoms with van der Waals surface area (Å²) in [5, 5.41) is 0. The summed E-state index contributed by atoms with van der Waals surface area (Å²) in [5.41, 5.74) is 3.58. The van der Waals surface area contributed by atoms with Crippen LogP contribution in [0.4, 0.5) is 0 Å². The molecule has 0 aromatic carbocycles. The van der Waals surface area contributed by atoms with Crippen molar-refractivity contribution in [3.63, 3.8) is 0 Å². The van der Waals surface area contributed by atoms with Crippen LogP contribution in [0.1, 0.15) is 59.3 Å². The molecule has 3 atom stereocenters. The number of ether oxygens (including phenoxy) is 1. The summed E-state index contributed by atoms with van der Waals surface area (Å²) in [5.74, 6) is 4.05. The van der Waals surface area contributed by atoms with Gasteiger partial charge in [0, 0.05) is 0 Å². The van der Waals surface area contributed by atoms with Crippen molar-refractivity contribution in [2.45, 2.75) is 96.2 Å². The van der Waals surface area contributed by atoms with Crippen molar-refractivity contribution in [3.05, 3.63) is 0 Å². The van der Waals surface area contributed by atoms with E-state index in [0.717, 1.165) is 0 Å². The zero-order chi connectivity index (χ0) is 19.8. The van der Waals surface area contributed by atoms with E-state index in [1.807, 2.05) is 0 Å². The average molecular weight is 485 g/mol. The Labute approximate surface area is 168 Å². The van der Waals surface area contributed by atoms with Crippen LogP contribution in [0.25, 0.3) is 0 Å². The molecule has 1 rings (SSSR count). The van der Waals surface area contributed by atoms with Gasteiger partial charge in [0.2, 0.25) is 0 Å². The Hall–Kier alpha value is 0.0456. The molecule has 0 spiro atoms. The predicted octanol–water partition coefficient (Wildman–Crippen LogP) is 6.51. The molecule has 1 aliphatic rings. The van der Waals surface area contributed by atoms with Crippen molar-refractivity contribution in [3.8, 4) is 11.5 Å². The average Bonchev–Trinajstić information content (AvgIpc) is 3.33. The maximum absolute atomic E-state index is 12.5. The summed E-state index contributed by atoms with van der Waals surface area (Å²) >= 11 is -2.43. The Kier molecular flexibility index (Phi) is 10.3. The summed E-state index contributed by atoms with van der Waals surface area (Å²) in [6, 6.07) is 0. The fraction of sp³-hybridized carbons (Fsp3) is 0.864. The summed E-state index contributed by atoms with van der Waals surface area (Å²) in [6.45, 7) is 13.8. The van der Waals surface area contributed by atoms with Crippen molar-refractivity contribution >= 4 is 32.4 Å². The van der Waals surface area contributed by atoms with Crippen LogP contribution in [0.2, 0.25) is 36.9 Å². The van der Waals surface area contributed by atoms with Crippen molar-refractivity contribution in [2.75, 3.05) is 7.11 Å². The second kappa shape index (κ2) is 11.1. The molecule has 0 heterocycles. The number of hydrogen-bond acceptors (Lipinski definition) is 2. The molecular weight excluding hydrogens is 443 g/mol. The molecule has 1 aliphatic carbocycles. The number of carbonyl (C=O) groups is 1. The number of unbranched alkanes of at least 4 members (excludes halogenated alkanes) is 3. The summed E-state index contributed by atoms with van der Waals surface area (Å²) in [4.78, 5) is 12.5. The van der Waals surface area contributed by atoms with E-state index in [9.17, 15) is 4.79 Å². The van der Waals surface area contributed by atoms with Crippen LogP contribution in [0.3, 0.4) is 0 Å². The van der Waals surface area contributed by atoms with Gasteiger partial charge in [-0.2, -0.15) is 0 Å². The molecule has 0 aromatic heterocycles. The Morgan fingerprint density at radius 1 is 0.962 bits per heavy atom. The first kappa shape index (κ1) is 24.1. The van der Waals surface area contributed by atoms with Gasteiger partial charge in [0.1, 0.15) is 0 Å². The summed E-state index contributed by atoms with van der Waals surface area (Å²) < 4.78 is 10.2. The minimum atomic E-state index is -2.43. The standard InChI is InChI=1S/C10H15O2Si.3C4H9.Sn/c1-12-10(11)9-7-8(9)5-6-13(2,3)4;3*1-3-4-2;/h7-9H,1-4H3;3*1,3-4H2,2H3;/t8-,9-;;;;/m0..../s1. The molecule has 0 N–H and O–H groups in total. The van der Waals surface area contributed by atoms with Crippen LogP contribution in [0.15, 0.2) is 0 Å². The van der Waals surface area contributed by atoms with Gasteiger partial charge in [0.25, 0.3) is 0 Å². The van der Waals surface area contributed by atoms with Gasteiger partial charge in [-0.3, -0.25) is 0 Å². The molecule has 0 saturated heterocycles. The van der Waals surface area contributed by atoms with Crippen LogP contribution in [0, 0.1) is 23.3 Å². The van der Waals surface area contributed by atoms with Gasteiger partial charge in [-0.1, -0.05) is 0 Å². The summed E-state index contributed by atoms with van der Waals surface area (Å²) in [6.07, 6.45) is 7.87. The third kappa shape index (κ3) is 6.89. The number of methoxy groups -OCH3 is 1. The second-order valence-electron chi connectivity index (χ2n) is 9.29. The van der Waals surface area contributed by atoms with Gasteiger partial charge in [-0.15, -0.1) is 0 Å². The molecule has 0 radical (unpaired) electrons. The molecule has 1 saturated carbocycles. The Morgan fingerprint density at radius 3 is 1.77 bits per heavy atom. The summed E-state index contributed by atoms with van der Waals surface area (Å²) in [7, 11) is 0.148. The first-order valence-electron chi connectivity index (χ1n) is 10.9. The van der Waals surface area contributed by atoms with E-state index in [1.165, 1.54) is 51.8 Å². The Bertz CT molecular complexity index is 479. The van der Waals surface area contributed by atoms with Crippen LogP contribution in [0.5, 0.6) is 0 Å². The molecule has 26 heavy (non-hydrogen) atoms. The first-order chi connectivity index (χ1) is 12.3. The van der Waals surface area contributed by atoms with Gasteiger partial charge < -0.3 is 0 Å². The topological polar surface area (TPSA) is 26.3 Å². The van der Waals surface area contributed by atoms with Crippen LogP contribution >= 0.6 is 0 Å². The predicted molar refractivity (Wildman–Crippen MR) is 119 cm³/mol. The molecule has 4 heteroatoms. The van der Waals surface area contributed by atoms with Crippen LogP contribution < -0.4 is 0 Å². The Morgan fingerprint density at radius 2 is 1.42 bits per heavy atom. The molecule has 2 nitrogen and oxygen atoms in total. The fourth-order valence-corrected chi connectivity index (χ4v) is 24.9. The second-order valence-corrected chi connectivity index (χ2v) is 28.0. The molecule has 1 fully saturated rings. The van der Waals surface area contributed by atoms with Crippen molar-refractivity contribution in [1.82, 2.24) is 0 Å². The van der Waals surface area contributed by atoms with E-state index in [4.69, 9.17) is 4.74 Å². The van der Waals surface area contributed by atoms with Crippen molar-refractivity contribution < 1.29 is 9.53 Å². The van der Waals surface area contributed by atoms with Gasteiger partial charge in [-0.25, -0.2) is 0 Å². The molecule has 0 aromatic rings.